The first-order valence-electron chi connectivity index (χ1n) is 2.40. The maximum Gasteiger partial charge on any atom is 0 e. The van der Waals surface area contributed by atoms with Gasteiger partial charge in [0.2, 0.25) is 0 Å². The monoisotopic (exact) mass is 184 g/mol. The molecule has 0 saturated heterocycles. The zero-order chi connectivity index (χ0) is 4.99. The third kappa shape index (κ3) is 15.8. The Bertz CT molecular complexity index is 50.5. The van der Waals surface area contributed by atoms with E-state index in [4.69, 9.17) is 0 Å². The molecule has 0 heterocycles. The molecule has 0 fully saturated rings. The summed E-state index contributed by atoms with van der Waals surface area (Å²) in [6.07, 6.45) is 4.24. The Morgan fingerprint density at radius 1 is 1.25 bits per heavy atom. The summed E-state index contributed by atoms with van der Waals surface area (Å²) < 4.78 is 0. The van der Waals surface area contributed by atoms with Crippen molar-refractivity contribution in [1.29, 1.82) is 0 Å². The fourth-order valence-corrected chi connectivity index (χ4v) is 0.385. The molecule has 0 aliphatic rings. The fourth-order valence-electron chi connectivity index (χ4n) is 0.385. The molecule has 0 aromatic heterocycles. The molecule has 0 saturated carbocycles. The fraction of sp³-hybridized carbons (Fsp3) is 0.667. The van der Waals surface area contributed by atoms with Gasteiger partial charge in [-0.1, -0.05) is 26.0 Å². The Labute approximate surface area is 79.6 Å². The zero-order valence-corrected chi connectivity index (χ0v) is 8.73. The molecule has 0 N–H and O–H groups in total. The molecule has 0 aromatic carbocycles. The van der Waals surface area contributed by atoms with Crippen molar-refractivity contribution in [3.63, 3.8) is 0 Å². The summed E-state index contributed by atoms with van der Waals surface area (Å²) in [4.78, 5) is 0. The van der Waals surface area contributed by atoms with Crippen LogP contribution in [-0.2, 0) is 32.7 Å². The van der Waals surface area contributed by atoms with E-state index < -0.39 is 0 Å². The Morgan fingerprint density at radius 2 is 1.62 bits per heavy atom. The average molecular weight is 184 g/mol. The molecule has 0 unspecified atom stereocenters. The standard InChI is InChI=1S/C6H12.B.Y/c1-4-5-6(2)3;;/h4-6H,1-3H3;;/b5-4+;;. The van der Waals surface area contributed by atoms with Crippen molar-refractivity contribution in [2.75, 3.05) is 0 Å². The van der Waals surface area contributed by atoms with Crippen molar-refractivity contribution in [3.05, 3.63) is 12.2 Å². The summed E-state index contributed by atoms with van der Waals surface area (Å²) >= 11 is 0. The maximum atomic E-state index is 2.17. The minimum Gasteiger partial charge on any atom is -0.0914 e. The molecule has 0 spiro atoms. The summed E-state index contributed by atoms with van der Waals surface area (Å²) in [6, 6.07) is 0. The van der Waals surface area contributed by atoms with Gasteiger partial charge in [-0.25, -0.2) is 0 Å². The molecule has 42 valence electrons. The van der Waals surface area contributed by atoms with Crippen LogP contribution in [0, 0.1) is 5.92 Å². The van der Waals surface area contributed by atoms with Crippen LogP contribution in [0.15, 0.2) is 12.2 Å². The van der Waals surface area contributed by atoms with Crippen molar-refractivity contribution >= 4 is 8.41 Å². The van der Waals surface area contributed by atoms with Crippen molar-refractivity contribution in [2.45, 2.75) is 20.8 Å². The quantitative estimate of drug-likeness (QED) is 0.430. The summed E-state index contributed by atoms with van der Waals surface area (Å²) in [5.74, 6) is 0.718. The Morgan fingerprint density at radius 3 is 1.62 bits per heavy atom. The van der Waals surface area contributed by atoms with Gasteiger partial charge in [-0.2, -0.15) is 0 Å². The number of hydrogen-bond acceptors (Lipinski definition) is 0. The second kappa shape index (κ2) is 10.8. The largest absolute Gasteiger partial charge is 0.0914 e. The van der Waals surface area contributed by atoms with Crippen LogP contribution in [0.1, 0.15) is 20.8 Å². The van der Waals surface area contributed by atoms with E-state index >= 15 is 0 Å². The first kappa shape index (κ1) is 16.0. The molecular weight excluding hydrogens is 172 g/mol. The third-order valence-electron chi connectivity index (χ3n) is 0.577. The smallest absolute Gasteiger partial charge is 0 e. The molecule has 0 rings (SSSR count). The Kier molecular flexibility index (Phi) is 21.6. The van der Waals surface area contributed by atoms with Crippen molar-refractivity contribution in [1.82, 2.24) is 0 Å². The molecule has 8 heavy (non-hydrogen) atoms. The molecule has 0 nitrogen and oxygen atoms in total. The van der Waals surface area contributed by atoms with Crippen molar-refractivity contribution in [3.8, 4) is 0 Å². The van der Waals surface area contributed by atoms with Crippen LogP contribution in [0.4, 0.5) is 0 Å². The van der Waals surface area contributed by atoms with Gasteiger partial charge in [-0.05, 0) is 12.8 Å². The third-order valence-corrected chi connectivity index (χ3v) is 0.577. The van der Waals surface area contributed by atoms with Crippen LogP contribution in [0.5, 0.6) is 0 Å². The van der Waals surface area contributed by atoms with Crippen LogP contribution >= 0.6 is 0 Å². The topological polar surface area (TPSA) is 0 Å². The van der Waals surface area contributed by atoms with Gasteiger partial charge in [-0.3, -0.25) is 0 Å². The van der Waals surface area contributed by atoms with Gasteiger partial charge in [0.15, 0.2) is 0 Å². The van der Waals surface area contributed by atoms with Crippen LogP contribution in [0.2, 0.25) is 0 Å². The molecule has 0 aromatic rings. The van der Waals surface area contributed by atoms with Gasteiger partial charge in [0, 0.05) is 41.1 Å². The van der Waals surface area contributed by atoms with Crippen LogP contribution in [0.3, 0.4) is 0 Å². The predicted molar refractivity (Wildman–Crippen MR) is 35.4 cm³/mol. The SMILES string of the molecule is C/C=C/C(C)C.[B].[Y]. The number of allylic oxidation sites excluding steroid dienone is 2. The minimum atomic E-state index is 0. The van der Waals surface area contributed by atoms with E-state index in [1.165, 1.54) is 0 Å². The van der Waals surface area contributed by atoms with E-state index in [9.17, 15) is 0 Å². The normalized spacial score (nSPS) is 8.50. The van der Waals surface area contributed by atoms with Gasteiger partial charge < -0.3 is 0 Å². The molecule has 0 amide bonds. The van der Waals surface area contributed by atoms with Crippen LogP contribution < -0.4 is 0 Å². The molecule has 0 aliphatic carbocycles. The second-order valence-electron chi connectivity index (χ2n) is 1.77. The molecule has 2 heteroatoms. The second-order valence-corrected chi connectivity index (χ2v) is 1.77. The molecule has 0 atom stereocenters. The van der Waals surface area contributed by atoms with Crippen LogP contribution in [-0.4, -0.2) is 8.41 Å². The van der Waals surface area contributed by atoms with E-state index in [2.05, 4.69) is 26.0 Å². The maximum absolute atomic E-state index is 2.17. The first-order chi connectivity index (χ1) is 2.77. The van der Waals surface area contributed by atoms with E-state index in [0.29, 0.717) is 0 Å². The van der Waals surface area contributed by atoms with E-state index in [0.717, 1.165) is 5.92 Å². The predicted octanol–water partition coefficient (Wildman–Crippen LogP) is 1.84. The molecule has 4 radical (unpaired) electrons. The summed E-state index contributed by atoms with van der Waals surface area (Å²) in [7, 11) is 0. The summed E-state index contributed by atoms with van der Waals surface area (Å²) in [5, 5.41) is 0. The minimum absolute atomic E-state index is 0. The molecule has 0 aliphatic heterocycles. The van der Waals surface area contributed by atoms with E-state index in [-0.39, 0.29) is 41.1 Å². The van der Waals surface area contributed by atoms with Crippen molar-refractivity contribution in [2.24, 2.45) is 5.92 Å². The first-order valence-corrected chi connectivity index (χ1v) is 2.40. The van der Waals surface area contributed by atoms with Gasteiger partial charge in [0.1, 0.15) is 0 Å². The van der Waals surface area contributed by atoms with Crippen LogP contribution in [0.25, 0.3) is 0 Å². The van der Waals surface area contributed by atoms with Gasteiger partial charge in [-0.15, -0.1) is 0 Å². The van der Waals surface area contributed by atoms with Crippen molar-refractivity contribution < 1.29 is 32.7 Å². The van der Waals surface area contributed by atoms with E-state index in [1.807, 2.05) is 6.92 Å². The summed E-state index contributed by atoms with van der Waals surface area (Å²) in [5.41, 5.74) is 0. The number of rotatable bonds is 1. The van der Waals surface area contributed by atoms with Gasteiger partial charge in [0.05, 0.1) is 0 Å². The number of hydrogen-bond donors (Lipinski definition) is 0. The average Bonchev–Trinajstić information content (AvgIpc) is 1.35. The van der Waals surface area contributed by atoms with E-state index in [1.54, 1.807) is 0 Å². The molecular formula is C6H12BY. The van der Waals surface area contributed by atoms with Gasteiger partial charge in [0.25, 0.3) is 0 Å². The van der Waals surface area contributed by atoms with Gasteiger partial charge >= 0.3 is 0 Å². The molecule has 0 bridgehead atoms. The Hall–Kier alpha value is 0.909. The summed E-state index contributed by atoms with van der Waals surface area (Å²) in [6.45, 7) is 6.38. The Balaban J connectivity index is -0.000000125. The zero-order valence-electron chi connectivity index (χ0n) is 5.89.